The predicted molar refractivity (Wildman–Crippen MR) is 68.2 cm³/mol. The van der Waals surface area contributed by atoms with Gasteiger partial charge in [-0.1, -0.05) is 6.07 Å². The van der Waals surface area contributed by atoms with E-state index in [2.05, 4.69) is 12.1 Å². The first kappa shape index (κ1) is 12.9. The van der Waals surface area contributed by atoms with Crippen LogP contribution in [-0.2, 0) is 0 Å². The number of rotatable bonds is 4. The van der Waals surface area contributed by atoms with Gasteiger partial charge in [0.2, 0.25) is 0 Å². The Balaban J connectivity index is 3.05. The molecule has 0 bridgehead atoms. The van der Waals surface area contributed by atoms with Gasteiger partial charge >= 0.3 is 0 Å². The van der Waals surface area contributed by atoms with Crippen molar-refractivity contribution in [2.24, 2.45) is 5.92 Å². The van der Waals surface area contributed by atoms with Crippen molar-refractivity contribution < 1.29 is 0 Å². The van der Waals surface area contributed by atoms with Gasteiger partial charge in [0.25, 0.3) is 0 Å². The highest BCUT2D eigenvalue weighted by Gasteiger charge is 2.13. The summed E-state index contributed by atoms with van der Waals surface area (Å²) < 4.78 is 0. The van der Waals surface area contributed by atoms with Crippen LogP contribution in [0.4, 0.5) is 11.4 Å². The van der Waals surface area contributed by atoms with Gasteiger partial charge in [-0.2, -0.15) is 10.5 Å². The van der Waals surface area contributed by atoms with E-state index in [4.69, 9.17) is 16.3 Å². The molecule has 0 aromatic heterocycles. The van der Waals surface area contributed by atoms with Crippen LogP contribution in [0.3, 0.4) is 0 Å². The molecule has 4 nitrogen and oxygen atoms in total. The standard InChI is InChI=1S/C13H16N4/c1-3-17(9-10(2)7-14)12-6-4-5-11(8-15)13(12)16/h4-6,10H,3,9,16H2,1-2H3. The van der Waals surface area contributed by atoms with Gasteiger partial charge in [0, 0.05) is 13.1 Å². The van der Waals surface area contributed by atoms with Gasteiger partial charge in [-0.3, -0.25) is 0 Å². The Hall–Kier alpha value is -2.20. The number of nitrogens with two attached hydrogens (primary N) is 1. The third-order valence-electron chi connectivity index (χ3n) is 2.64. The number of para-hydroxylation sites is 1. The van der Waals surface area contributed by atoms with Crippen molar-refractivity contribution in [2.45, 2.75) is 13.8 Å². The van der Waals surface area contributed by atoms with Gasteiger partial charge in [-0.25, -0.2) is 0 Å². The molecular formula is C13H16N4. The molecule has 0 fully saturated rings. The van der Waals surface area contributed by atoms with E-state index >= 15 is 0 Å². The Kier molecular flexibility index (Phi) is 4.37. The number of nitrogen functional groups attached to an aromatic ring is 1. The average molecular weight is 228 g/mol. The molecular weight excluding hydrogens is 212 g/mol. The van der Waals surface area contributed by atoms with E-state index in [9.17, 15) is 0 Å². The van der Waals surface area contributed by atoms with Crippen molar-refractivity contribution in [3.8, 4) is 12.1 Å². The molecule has 0 aliphatic rings. The Labute approximate surface area is 102 Å². The quantitative estimate of drug-likeness (QED) is 0.801. The van der Waals surface area contributed by atoms with Crippen LogP contribution in [0.1, 0.15) is 19.4 Å². The van der Waals surface area contributed by atoms with Gasteiger partial charge in [0.05, 0.1) is 28.9 Å². The summed E-state index contributed by atoms with van der Waals surface area (Å²) in [5, 5.41) is 17.8. The molecule has 0 radical (unpaired) electrons. The average Bonchev–Trinajstić information content (AvgIpc) is 2.36. The molecule has 1 atom stereocenters. The molecule has 0 spiro atoms. The summed E-state index contributed by atoms with van der Waals surface area (Å²) in [6.07, 6.45) is 0. The van der Waals surface area contributed by atoms with E-state index in [0.29, 0.717) is 17.8 Å². The van der Waals surface area contributed by atoms with Crippen LogP contribution in [0, 0.1) is 28.6 Å². The number of benzene rings is 1. The summed E-state index contributed by atoms with van der Waals surface area (Å²) in [4.78, 5) is 2.02. The van der Waals surface area contributed by atoms with Gasteiger partial charge in [-0.15, -0.1) is 0 Å². The molecule has 1 aromatic carbocycles. The smallest absolute Gasteiger partial charge is 0.101 e. The summed E-state index contributed by atoms with van der Waals surface area (Å²) in [5.41, 5.74) is 7.73. The lowest BCUT2D eigenvalue weighted by atomic mass is 10.1. The molecule has 1 rings (SSSR count). The fraction of sp³-hybridized carbons (Fsp3) is 0.385. The number of hydrogen-bond donors (Lipinski definition) is 1. The van der Waals surface area contributed by atoms with E-state index < -0.39 is 0 Å². The second kappa shape index (κ2) is 5.77. The number of nitrogens with zero attached hydrogens (tertiary/aromatic N) is 3. The van der Waals surface area contributed by atoms with Crippen LogP contribution in [0.2, 0.25) is 0 Å². The van der Waals surface area contributed by atoms with Gasteiger partial charge in [0.1, 0.15) is 6.07 Å². The molecule has 1 unspecified atom stereocenters. The van der Waals surface area contributed by atoms with Crippen LogP contribution in [-0.4, -0.2) is 13.1 Å². The monoisotopic (exact) mass is 228 g/mol. The summed E-state index contributed by atoms with van der Waals surface area (Å²) in [6.45, 7) is 5.24. The molecule has 0 amide bonds. The maximum Gasteiger partial charge on any atom is 0.101 e. The van der Waals surface area contributed by atoms with Crippen molar-refractivity contribution in [2.75, 3.05) is 23.7 Å². The minimum atomic E-state index is -0.0694. The van der Waals surface area contributed by atoms with Gasteiger partial charge in [0.15, 0.2) is 0 Å². The third kappa shape index (κ3) is 2.89. The van der Waals surface area contributed by atoms with E-state index in [1.165, 1.54) is 0 Å². The SMILES string of the molecule is CCN(CC(C)C#N)c1cccc(C#N)c1N. The first-order chi connectivity index (χ1) is 8.13. The maximum absolute atomic E-state index is 8.92. The Morgan fingerprint density at radius 3 is 2.65 bits per heavy atom. The Morgan fingerprint density at radius 1 is 1.41 bits per heavy atom. The normalized spacial score (nSPS) is 11.3. The van der Waals surface area contributed by atoms with E-state index in [-0.39, 0.29) is 5.92 Å². The molecule has 0 aliphatic carbocycles. The minimum Gasteiger partial charge on any atom is -0.396 e. The minimum absolute atomic E-state index is 0.0694. The van der Waals surface area contributed by atoms with E-state index in [0.717, 1.165) is 12.2 Å². The van der Waals surface area contributed by atoms with Crippen LogP contribution in [0.5, 0.6) is 0 Å². The van der Waals surface area contributed by atoms with Crippen molar-refractivity contribution in [1.82, 2.24) is 0 Å². The molecule has 1 aromatic rings. The summed E-state index contributed by atoms with van der Waals surface area (Å²) in [6, 6.07) is 9.65. The van der Waals surface area contributed by atoms with Crippen molar-refractivity contribution in [1.29, 1.82) is 10.5 Å². The lowest BCUT2D eigenvalue weighted by Crippen LogP contribution is -2.28. The second-order valence-corrected chi connectivity index (χ2v) is 3.92. The maximum atomic E-state index is 8.92. The molecule has 2 N–H and O–H groups in total. The summed E-state index contributed by atoms with van der Waals surface area (Å²) in [5.74, 6) is -0.0694. The largest absolute Gasteiger partial charge is 0.396 e. The predicted octanol–water partition coefficient (Wildman–Crippen LogP) is 2.13. The van der Waals surface area contributed by atoms with Gasteiger partial charge < -0.3 is 10.6 Å². The van der Waals surface area contributed by atoms with Crippen LogP contribution in [0.25, 0.3) is 0 Å². The lowest BCUT2D eigenvalue weighted by Gasteiger charge is -2.25. The zero-order valence-electron chi connectivity index (χ0n) is 10.1. The van der Waals surface area contributed by atoms with Crippen molar-refractivity contribution in [3.05, 3.63) is 23.8 Å². The first-order valence-electron chi connectivity index (χ1n) is 5.57. The Morgan fingerprint density at radius 2 is 2.12 bits per heavy atom. The second-order valence-electron chi connectivity index (χ2n) is 3.92. The van der Waals surface area contributed by atoms with Crippen molar-refractivity contribution in [3.63, 3.8) is 0 Å². The van der Waals surface area contributed by atoms with Crippen LogP contribution in [0.15, 0.2) is 18.2 Å². The zero-order valence-corrected chi connectivity index (χ0v) is 10.1. The van der Waals surface area contributed by atoms with E-state index in [1.54, 1.807) is 6.07 Å². The van der Waals surface area contributed by atoms with Crippen LogP contribution >= 0.6 is 0 Å². The summed E-state index contributed by atoms with van der Waals surface area (Å²) >= 11 is 0. The summed E-state index contributed by atoms with van der Waals surface area (Å²) in [7, 11) is 0. The number of hydrogen-bond acceptors (Lipinski definition) is 4. The molecule has 0 aliphatic heterocycles. The lowest BCUT2D eigenvalue weighted by molar-refractivity contribution is 0.687. The number of anilines is 2. The van der Waals surface area contributed by atoms with Crippen molar-refractivity contribution >= 4 is 11.4 Å². The highest BCUT2D eigenvalue weighted by atomic mass is 15.1. The number of nitriles is 2. The third-order valence-corrected chi connectivity index (χ3v) is 2.64. The zero-order chi connectivity index (χ0) is 12.8. The van der Waals surface area contributed by atoms with E-state index in [1.807, 2.05) is 30.9 Å². The first-order valence-corrected chi connectivity index (χ1v) is 5.57. The molecule has 88 valence electrons. The van der Waals surface area contributed by atoms with Gasteiger partial charge in [-0.05, 0) is 26.0 Å². The molecule has 0 saturated carbocycles. The molecule has 17 heavy (non-hydrogen) atoms. The Bertz CT molecular complexity index is 467. The molecule has 4 heteroatoms. The topological polar surface area (TPSA) is 76.8 Å². The highest BCUT2D eigenvalue weighted by Crippen LogP contribution is 2.26. The van der Waals surface area contributed by atoms with Crippen LogP contribution < -0.4 is 10.6 Å². The molecule has 0 heterocycles. The fourth-order valence-electron chi connectivity index (χ4n) is 1.70. The highest BCUT2D eigenvalue weighted by molar-refractivity contribution is 5.73. The fourth-order valence-corrected chi connectivity index (χ4v) is 1.70. The molecule has 0 saturated heterocycles.